The van der Waals surface area contributed by atoms with Gasteiger partial charge in [-0.3, -0.25) is 14.6 Å². The fourth-order valence-electron chi connectivity index (χ4n) is 6.99. The molecule has 0 radical (unpaired) electrons. The number of alkyl halides is 3. The number of carbonyl (C=O) groups excluding carboxylic acids is 1. The lowest BCUT2D eigenvalue weighted by Crippen LogP contribution is -2.49. The number of rotatable bonds is 11. The fourth-order valence-corrected chi connectivity index (χ4v) is 6.99. The molecule has 2 fully saturated rings. The van der Waals surface area contributed by atoms with E-state index in [1.807, 2.05) is 22.6 Å². The number of hydrogen-bond donors (Lipinski definition) is 0. The number of likely N-dealkylation sites (tertiary alicyclic amines) is 1. The summed E-state index contributed by atoms with van der Waals surface area (Å²) >= 11 is 0. The Balaban J connectivity index is 1.41. The summed E-state index contributed by atoms with van der Waals surface area (Å²) in [5, 5.41) is 26.9. The molecule has 6 rings (SSSR count). The minimum atomic E-state index is -4.65. The van der Waals surface area contributed by atoms with Crippen molar-refractivity contribution in [3.05, 3.63) is 64.2 Å². The Hall–Kier alpha value is -4.53. The summed E-state index contributed by atoms with van der Waals surface area (Å²) in [5.74, 6) is 1.26. The van der Waals surface area contributed by atoms with Gasteiger partial charge >= 0.3 is 6.18 Å². The first-order valence-electron chi connectivity index (χ1n) is 16.2. The van der Waals surface area contributed by atoms with Crippen LogP contribution in [-0.4, -0.2) is 69.9 Å². The van der Waals surface area contributed by atoms with Crippen molar-refractivity contribution in [2.24, 2.45) is 13.0 Å². The number of hydrogen-bond acceptors (Lipinski definition) is 9. The van der Waals surface area contributed by atoms with Crippen molar-refractivity contribution in [3.8, 4) is 12.1 Å². The molecular weight excluding hydrogens is 623 g/mol. The van der Waals surface area contributed by atoms with Crippen LogP contribution < -0.4 is 9.80 Å². The number of nitrogens with zero attached hydrogens (tertiary/aromatic N) is 9. The van der Waals surface area contributed by atoms with E-state index in [1.165, 1.54) is 11.0 Å². The Bertz CT molecular complexity index is 1740. The molecular formula is C34H38F3N9O2. The lowest BCUT2D eigenvalue weighted by atomic mass is 9.75. The summed E-state index contributed by atoms with van der Waals surface area (Å²) in [6.45, 7) is 5.06. The van der Waals surface area contributed by atoms with Crippen molar-refractivity contribution in [2.75, 3.05) is 49.2 Å². The molecule has 1 atom stereocenters. The van der Waals surface area contributed by atoms with E-state index >= 15 is 0 Å². The highest BCUT2D eigenvalue weighted by molar-refractivity contribution is 6.10. The largest absolute Gasteiger partial charge is 0.416 e. The van der Waals surface area contributed by atoms with E-state index in [2.05, 4.69) is 34.2 Å². The molecule has 3 aliphatic rings. The molecule has 0 aliphatic carbocycles. The van der Waals surface area contributed by atoms with Crippen LogP contribution in [0.15, 0.2) is 30.6 Å². The molecule has 0 unspecified atom stereocenters. The maximum absolute atomic E-state index is 14.6. The topological polar surface area (TPSA) is 127 Å². The van der Waals surface area contributed by atoms with Crippen LogP contribution >= 0.6 is 0 Å². The average Bonchev–Trinajstić information content (AvgIpc) is 3.59. The number of aromatic nitrogens is 4. The van der Waals surface area contributed by atoms with Crippen molar-refractivity contribution < 1.29 is 22.7 Å². The highest BCUT2D eigenvalue weighted by Gasteiger charge is 2.44. The summed E-state index contributed by atoms with van der Waals surface area (Å²) in [6, 6.07) is 10.7. The van der Waals surface area contributed by atoms with Crippen LogP contribution in [0.5, 0.6) is 0 Å². The van der Waals surface area contributed by atoms with Gasteiger partial charge in [0, 0.05) is 50.6 Å². The van der Waals surface area contributed by atoms with Gasteiger partial charge < -0.3 is 14.2 Å². The number of ether oxygens (including phenoxy) is 1. The molecule has 11 nitrogen and oxygen atoms in total. The van der Waals surface area contributed by atoms with E-state index in [0.717, 1.165) is 37.3 Å². The molecule has 1 amide bonds. The van der Waals surface area contributed by atoms with Gasteiger partial charge in [-0.25, -0.2) is 4.98 Å². The molecule has 0 saturated carbocycles. The number of piperidine rings is 1. The second kappa shape index (κ2) is 13.5. The highest BCUT2D eigenvalue weighted by Crippen LogP contribution is 2.42. The quantitative estimate of drug-likeness (QED) is 0.286. The Morgan fingerprint density at radius 1 is 1.12 bits per heavy atom. The highest BCUT2D eigenvalue weighted by atomic mass is 19.4. The third-order valence-corrected chi connectivity index (χ3v) is 9.61. The third kappa shape index (κ3) is 6.73. The van der Waals surface area contributed by atoms with E-state index < -0.39 is 23.1 Å². The van der Waals surface area contributed by atoms with Crippen LogP contribution in [0.3, 0.4) is 0 Å². The monoisotopic (exact) mass is 661 g/mol. The van der Waals surface area contributed by atoms with E-state index in [0.29, 0.717) is 43.5 Å². The lowest BCUT2D eigenvalue weighted by Gasteiger charge is -2.42. The van der Waals surface area contributed by atoms with E-state index in [1.54, 1.807) is 18.5 Å². The van der Waals surface area contributed by atoms with Crippen LogP contribution in [0.4, 0.5) is 24.8 Å². The first kappa shape index (κ1) is 33.4. The number of nitriles is 2. The molecule has 14 heteroatoms. The Morgan fingerprint density at radius 3 is 2.48 bits per heavy atom. The van der Waals surface area contributed by atoms with Crippen molar-refractivity contribution in [3.63, 3.8) is 0 Å². The Kier molecular flexibility index (Phi) is 9.41. The number of pyridine rings is 1. The standard InChI is InChI=1S/C34H38F3N9O2/c1-23-6-3-9-44(17-23)18-24-12-26-27(28(13-24)34(35,36)37)19-46(32(26)47)30-15-25(14-29(41-30)45(10-4-7-38)11-5-8-39)33(20-48-21-33)16-31-42-40-22-43(31)2/h12-15,22-23H,3-6,9-11,16-21H2,1-2H3/t23-/m0/s1. The summed E-state index contributed by atoms with van der Waals surface area (Å²) in [6.07, 6.45) is -0.169. The number of amides is 1. The smallest absolute Gasteiger partial charge is 0.379 e. The van der Waals surface area contributed by atoms with Gasteiger partial charge in [0.05, 0.1) is 50.3 Å². The minimum Gasteiger partial charge on any atom is -0.379 e. The normalized spacial score (nSPS) is 19.0. The van der Waals surface area contributed by atoms with Gasteiger partial charge in [0.1, 0.15) is 23.8 Å². The zero-order chi connectivity index (χ0) is 34.1. The predicted octanol–water partition coefficient (Wildman–Crippen LogP) is 4.77. The summed E-state index contributed by atoms with van der Waals surface area (Å²) < 4.78 is 51.2. The molecule has 3 aromatic rings. The maximum Gasteiger partial charge on any atom is 0.416 e. The summed E-state index contributed by atoms with van der Waals surface area (Å²) in [5.41, 5.74) is -0.164. The molecule has 3 aliphatic heterocycles. The van der Waals surface area contributed by atoms with Crippen LogP contribution in [0.25, 0.3) is 0 Å². The number of halogens is 3. The predicted molar refractivity (Wildman–Crippen MR) is 170 cm³/mol. The Labute approximate surface area is 277 Å². The zero-order valence-corrected chi connectivity index (χ0v) is 27.1. The van der Waals surface area contributed by atoms with Crippen molar-refractivity contribution in [2.45, 2.75) is 63.7 Å². The fraction of sp³-hybridized carbons (Fsp3) is 0.529. The maximum atomic E-state index is 14.6. The molecule has 0 bridgehead atoms. The van der Waals surface area contributed by atoms with Crippen molar-refractivity contribution in [1.29, 1.82) is 10.5 Å². The second-order valence-electron chi connectivity index (χ2n) is 13.2. The first-order chi connectivity index (χ1) is 23.0. The van der Waals surface area contributed by atoms with Crippen LogP contribution in [0, 0.1) is 28.6 Å². The Morgan fingerprint density at radius 2 is 1.88 bits per heavy atom. The molecule has 1 aromatic carbocycles. The van der Waals surface area contributed by atoms with Gasteiger partial charge in [-0.05, 0) is 66.3 Å². The van der Waals surface area contributed by atoms with Crippen LogP contribution in [0.1, 0.15) is 71.0 Å². The zero-order valence-electron chi connectivity index (χ0n) is 27.1. The molecule has 252 valence electrons. The van der Waals surface area contributed by atoms with Gasteiger partial charge in [0.15, 0.2) is 0 Å². The van der Waals surface area contributed by atoms with Crippen molar-refractivity contribution in [1.82, 2.24) is 24.6 Å². The molecule has 2 aromatic heterocycles. The summed E-state index contributed by atoms with van der Waals surface area (Å²) in [4.78, 5) is 24.2. The number of carbonyl (C=O) groups is 1. The summed E-state index contributed by atoms with van der Waals surface area (Å²) in [7, 11) is 1.84. The molecule has 2 saturated heterocycles. The van der Waals surface area contributed by atoms with Gasteiger partial charge in [-0.1, -0.05) is 6.92 Å². The molecule has 48 heavy (non-hydrogen) atoms. The number of aryl methyl sites for hydroxylation is 1. The SMILES string of the molecule is C[C@H]1CCCN(Cc2cc3c(c(C(F)(F)F)c2)CN(c2cc(C4(Cc5nncn5C)COC4)cc(N(CCC#N)CCC#N)n2)C3=O)C1. The third-order valence-electron chi connectivity index (χ3n) is 9.61. The van der Waals surface area contributed by atoms with E-state index in [9.17, 15) is 28.5 Å². The molecule has 0 spiro atoms. The van der Waals surface area contributed by atoms with Crippen molar-refractivity contribution >= 4 is 17.5 Å². The van der Waals surface area contributed by atoms with Gasteiger partial charge in [-0.2, -0.15) is 23.7 Å². The van der Waals surface area contributed by atoms with E-state index in [4.69, 9.17) is 9.72 Å². The van der Waals surface area contributed by atoms with Gasteiger partial charge in [0.25, 0.3) is 5.91 Å². The first-order valence-corrected chi connectivity index (χ1v) is 16.2. The number of benzene rings is 1. The molecule has 0 N–H and O–H groups in total. The van der Waals surface area contributed by atoms with E-state index in [-0.39, 0.29) is 49.4 Å². The van der Waals surface area contributed by atoms with Crippen LogP contribution in [-0.2, 0) is 42.9 Å². The average molecular weight is 662 g/mol. The van der Waals surface area contributed by atoms with Gasteiger partial charge in [-0.15, -0.1) is 10.2 Å². The second-order valence-corrected chi connectivity index (χ2v) is 13.2. The van der Waals surface area contributed by atoms with Crippen LogP contribution in [0.2, 0.25) is 0 Å². The minimum absolute atomic E-state index is 0.0326. The number of fused-ring (bicyclic) bond motifs is 1. The molecule has 5 heterocycles. The number of anilines is 2. The van der Waals surface area contributed by atoms with Gasteiger partial charge in [0.2, 0.25) is 0 Å². The lowest BCUT2D eigenvalue weighted by molar-refractivity contribution is -0.138.